The monoisotopic (exact) mass is 987 g/mol. The molecule has 0 aromatic carbocycles. The van der Waals surface area contributed by atoms with Crippen LogP contribution in [0, 0.1) is 0 Å². The van der Waals surface area contributed by atoms with Crippen molar-refractivity contribution in [1.29, 1.82) is 0 Å². The van der Waals surface area contributed by atoms with Crippen LogP contribution in [0.1, 0.15) is 278 Å². The Morgan fingerprint density at radius 1 is 0.296 bits per heavy atom. The van der Waals surface area contributed by atoms with E-state index in [2.05, 4.69) is 118 Å². The van der Waals surface area contributed by atoms with Crippen molar-refractivity contribution in [3.63, 3.8) is 0 Å². The van der Waals surface area contributed by atoms with Crippen molar-refractivity contribution < 1.29 is 28.6 Å². The molecule has 0 aliphatic heterocycles. The molecule has 0 N–H and O–H groups in total. The number of unbranched alkanes of at least 4 members (excludes halogenated alkanes) is 26. The van der Waals surface area contributed by atoms with Gasteiger partial charge in [-0.2, -0.15) is 0 Å². The molecular weight excluding hydrogens is 877 g/mol. The van der Waals surface area contributed by atoms with Crippen LogP contribution in [0.15, 0.2) is 97.2 Å². The van der Waals surface area contributed by atoms with E-state index in [1.807, 2.05) is 0 Å². The quantitative estimate of drug-likeness (QED) is 0.0261. The summed E-state index contributed by atoms with van der Waals surface area (Å²) < 4.78 is 16.9. The van der Waals surface area contributed by atoms with Gasteiger partial charge in [0.25, 0.3) is 0 Å². The summed E-state index contributed by atoms with van der Waals surface area (Å²) in [5.74, 6) is -0.924. The lowest BCUT2D eigenvalue weighted by Crippen LogP contribution is -2.30. The van der Waals surface area contributed by atoms with Gasteiger partial charge in [-0.05, 0) is 122 Å². The molecule has 0 amide bonds. The van der Waals surface area contributed by atoms with E-state index in [1.54, 1.807) is 0 Å². The van der Waals surface area contributed by atoms with Gasteiger partial charge in [0.15, 0.2) is 6.10 Å². The molecule has 406 valence electrons. The molecule has 1 atom stereocenters. The molecule has 6 heteroatoms. The number of esters is 3. The highest BCUT2D eigenvalue weighted by Crippen LogP contribution is 2.14. The minimum atomic E-state index is -0.796. The zero-order chi connectivity index (χ0) is 51.4. The molecule has 6 nitrogen and oxygen atoms in total. The van der Waals surface area contributed by atoms with E-state index in [-0.39, 0.29) is 31.1 Å². The zero-order valence-corrected chi connectivity index (χ0v) is 46.5. The molecule has 0 saturated heterocycles. The first-order valence-electron chi connectivity index (χ1n) is 29.7. The Morgan fingerprint density at radius 3 is 0.901 bits per heavy atom. The standard InChI is InChI=1S/C65H110O6/c1-4-7-10-13-16-19-22-25-28-30-31-32-33-35-37-40-43-46-49-52-55-58-64(67)70-61-62(60-69-63(66)57-54-51-48-45-42-39-36-27-24-21-18-15-12-9-6-3)71-65(68)59-56-53-50-47-44-41-38-34-29-26-23-20-17-14-11-8-5-2/h7,10,16,18-19,21,25-29,31-32,35-37,62H,4-6,8-9,11-15,17,20,22-24,30,33-34,38-61H2,1-3H3/b10-7-,19-16-,21-18-,28-25-,29-26-,32-31-,36-27-,37-35-. The van der Waals surface area contributed by atoms with Gasteiger partial charge in [0.1, 0.15) is 13.2 Å². The first kappa shape index (κ1) is 67.3. The van der Waals surface area contributed by atoms with Crippen LogP contribution in [0.2, 0.25) is 0 Å². The Hall–Kier alpha value is -3.67. The predicted molar refractivity (Wildman–Crippen MR) is 307 cm³/mol. The minimum Gasteiger partial charge on any atom is -0.462 e. The lowest BCUT2D eigenvalue weighted by atomic mass is 10.1. The largest absolute Gasteiger partial charge is 0.462 e. The number of hydrogen-bond donors (Lipinski definition) is 0. The first-order valence-corrected chi connectivity index (χ1v) is 29.7. The third-order valence-electron chi connectivity index (χ3n) is 12.5. The summed E-state index contributed by atoms with van der Waals surface area (Å²) >= 11 is 0. The average molecular weight is 988 g/mol. The summed E-state index contributed by atoms with van der Waals surface area (Å²) in [6.07, 6.45) is 78.2. The number of rotatable bonds is 53. The number of hydrogen-bond acceptors (Lipinski definition) is 6. The van der Waals surface area contributed by atoms with Gasteiger partial charge in [-0.1, -0.05) is 234 Å². The van der Waals surface area contributed by atoms with Gasteiger partial charge in [0, 0.05) is 19.3 Å². The number of allylic oxidation sites excluding steroid dienone is 16. The Morgan fingerprint density at radius 2 is 0.549 bits per heavy atom. The van der Waals surface area contributed by atoms with E-state index in [9.17, 15) is 14.4 Å². The van der Waals surface area contributed by atoms with Gasteiger partial charge in [-0.3, -0.25) is 14.4 Å². The van der Waals surface area contributed by atoms with Crippen LogP contribution in [0.25, 0.3) is 0 Å². The summed E-state index contributed by atoms with van der Waals surface area (Å²) in [6, 6.07) is 0. The van der Waals surface area contributed by atoms with Gasteiger partial charge in [-0.15, -0.1) is 0 Å². The van der Waals surface area contributed by atoms with Gasteiger partial charge in [-0.25, -0.2) is 0 Å². The van der Waals surface area contributed by atoms with Crippen LogP contribution in [0.5, 0.6) is 0 Å². The Bertz CT molecular complexity index is 1410. The number of carbonyl (C=O) groups excluding carboxylic acids is 3. The van der Waals surface area contributed by atoms with Crippen LogP contribution in [0.3, 0.4) is 0 Å². The molecule has 0 heterocycles. The first-order chi connectivity index (χ1) is 35.0. The second-order valence-corrected chi connectivity index (χ2v) is 19.5. The smallest absolute Gasteiger partial charge is 0.306 e. The fourth-order valence-electron chi connectivity index (χ4n) is 8.08. The molecule has 0 aromatic heterocycles. The summed E-state index contributed by atoms with van der Waals surface area (Å²) in [5.41, 5.74) is 0. The zero-order valence-electron chi connectivity index (χ0n) is 46.5. The van der Waals surface area contributed by atoms with Crippen molar-refractivity contribution in [3.05, 3.63) is 97.2 Å². The summed E-state index contributed by atoms with van der Waals surface area (Å²) in [5, 5.41) is 0. The fourth-order valence-corrected chi connectivity index (χ4v) is 8.08. The summed E-state index contributed by atoms with van der Waals surface area (Å²) in [6.45, 7) is 6.48. The van der Waals surface area contributed by atoms with E-state index < -0.39 is 6.10 Å². The molecule has 1 unspecified atom stereocenters. The van der Waals surface area contributed by atoms with Crippen LogP contribution in [-0.2, 0) is 28.6 Å². The van der Waals surface area contributed by atoms with Gasteiger partial charge >= 0.3 is 17.9 Å². The molecule has 0 aromatic rings. The molecule has 0 saturated carbocycles. The lowest BCUT2D eigenvalue weighted by molar-refractivity contribution is -0.167. The van der Waals surface area contributed by atoms with Gasteiger partial charge in [0.2, 0.25) is 0 Å². The molecule has 71 heavy (non-hydrogen) atoms. The number of ether oxygens (including phenoxy) is 3. The Labute approximate surface area is 438 Å². The third kappa shape index (κ3) is 57.1. The normalized spacial score (nSPS) is 12.8. The molecule has 0 aliphatic carbocycles. The van der Waals surface area contributed by atoms with Gasteiger partial charge < -0.3 is 14.2 Å². The molecule has 0 fully saturated rings. The van der Waals surface area contributed by atoms with E-state index in [0.29, 0.717) is 19.3 Å². The summed E-state index contributed by atoms with van der Waals surface area (Å²) in [7, 11) is 0. The van der Waals surface area contributed by atoms with Crippen LogP contribution >= 0.6 is 0 Å². The minimum absolute atomic E-state index is 0.0930. The van der Waals surface area contributed by atoms with Crippen LogP contribution in [0.4, 0.5) is 0 Å². The van der Waals surface area contributed by atoms with E-state index >= 15 is 0 Å². The Balaban J connectivity index is 4.44. The maximum Gasteiger partial charge on any atom is 0.306 e. The highest BCUT2D eigenvalue weighted by molar-refractivity contribution is 5.71. The topological polar surface area (TPSA) is 78.9 Å². The van der Waals surface area contributed by atoms with Crippen molar-refractivity contribution >= 4 is 17.9 Å². The number of carbonyl (C=O) groups is 3. The molecule has 0 spiro atoms. The van der Waals surface area contributed by atoms with E-state index in [0.717, 1.165) is 135 Å². The van der Waals surface area contributed by atoms with Crippen molar-refractivity contribution in [2.45, 2.75) is 284 Å². The highest BCUT2D eigenvalue weighted by atomic mass is 16.6. The van der Waals surface area contributed by atoms with E-state index in [4.69, 9.17) is 14.2 Å². The fraction of sp³-hybridized carbons (Fsp3) is 0.708. The van der Waals surface area contributed by atoms with Crippen molar-refractivity contribution in [3.8, 4) is 0 Å². The van der Waals surface area contributed by atoms with E-state index in [1.165, 1.54) is 103 Å². The summed E-state index contributed by atoms with van der Waals surface area (Å²) in [4.78, 5) is 38.2. The second kappa shape index (κ2) is 58.9. The molecular formula is C65H110O6. The maximum atomic E-state index is 12.9. The average Bonchev–Trinajstić information content (AvgIpc) is 3.37. The van der Waals surface area contributed by atoms with Crippen LogP contribution < -0.4 is 0 Å². The van der Waals surface area contributed by atoms with Gasteiger partial charge in [0.05, 0.1) is 0 Å². The van der Waals surface area contributed by atoms with Crippen molar-refractivity contribution in [1.82, 2.24) is 0 Å². The Kier molecular flexibility index (Phi) is 55.9. The predicted octanol–water partition coefficient (Wildman–Crippen LogP) is 20.1. The molecule has 0 rings (SSSR count). The highest BCUT2D eigenvalue weighted by Gasteiger charge is 2.19. The lowest BCUT2D eigenvalue weighted by Gasteiger charge is -2.18. The second-order valence-electron chi connectivity index (χ2n) is 19.5. The molecule has 0 bridgehead atoms. The molecule has 0 aliphatic rings. The maximum absolute atomic E-state index is 12.9. The van der Waals surface area contributed by atoms with Crippen LogP contribution in [-0.4, -0.2) is 37.2 Å². The van der Waals surface area contributed by atoms with Crippen molar-refractivity contribution in [2.24, 2.45) is 0 Å². The third-order valence-corrected chi connectivity index (χ3v) is 12.5. The van der Waals surface area contributed by atoms with Crippen molar-refractivity contribution in [2.75, 3.05) is 13.2 Å². The SMILES string of the molecule is CC/C=C\C/C=C\C/C=C\C/C=C\C/C=C\CCCCCCCC(=O)OCC(COC(=O)CCCCCCC/C=C\C/C=C\CCCCC)OC(=O)CCCCCCCCC/C=C\CCCCCCCC. The molecule has 0 radical (unpaired) electrons.